The van der Waals surface area contributed by atoms with Crippen LogP contribution >= 0.6 is 0 Å². The van der Waals surface area contributed by atoms with Crippen LogP contribution in [0.15, 0.2) is 72.8 Å². The number of hydrogen-bond acceptors (Lipinski definition) is 1. The molecule has 0 saturated carbocycles. The zero-order chi connectivity index (χ0) is 14.6. The van der Waals surface area contributed by atoms with Crippen LogP contribution in [0, 0.1) is 0 Å². The maximum absolute atomic E-state index is 12.4. The molecule has 0 unspecified atom stereocenters. The van der Waals surface area contributed by atoms with E-state index in [0.29, 0.717) is 11.1 Å². The molecule has 1 nitrogen and oxygen atoms in total. The van der Waals surface area contributed by atoms with Crippen molar-refractivity contribution in [2.24, 2.45) is 0 Å². The average molecular weight is 278 g/mol. The van der Waals surface area contributed by atoms with Gasteiger partial charge in [-0.3, -0.25) is 0 Å². The Hall–Kier alpha value is -2.07. The summed E-state index contributed by atoms with van der Waals surface area (Å²) >= 11 is 0. The SMILES string of the molecule is OC(/C=C/C(F)(F)F)(c1ccccc1)c1ccccc1. The van der Waals surface area contributed by atoms with E-state index < -0.39 is 11.8 Å². The fraction of sp³-hybridized carbons (Fsp3) is 0.125. The standard InChI is InChI=1S/C16H13F3O/c17-16(18,19)12-11-15(20,13-7-3-1-4-8-13)14-9-5-2-6-10-14/h1-12,20H/b12-11+. The van der Waals surface area contributed by atoms with Crippen LogP contribution in [0.5, 0.6) is 0 Å². The molecule has 4 heteroatoms. The van der Waals surface area contributed by atoms with E-state index in [0.717, 1.165) is 6.08 Å². The van der Waals surface area contributed by atoms with Gasteiger partial charge in [0.2, 0.25) is 0 Å². The third kappa shape index (κ3) is 3.27. The minimum absolute atomic E-state index is 0.0625. The molecule has 20 heavy (non-hydrogen) atoms. The van der Waals surface area contributed by atoms with Crippen molar-refractivity contribution in [3.8, 4) is 0 Å². The summed E-state index contributed by atoms with van der Waals surface area (Å²) in [7, 11) is 0. The molecular weight excluding hydrogens is 265 g/mol. The minimum atomic E-state index is -4.47. The molecule has 0 bridgehead atoms. The number of allylic oxidation sites excluding steroid dienone is 1. The molecule has 2 aromatic carbocycles. The van der Waals surface area contributed by atoms with E-state index in [2.05, 4.69) is 0 Å². The maximum atomic E-state index is 12.4. The molecule has 2 rings (SSSR count). The largest absolute Gasteiger partial charge is 0.409 e. The van der Waals surface area contributed by atoms with Crippen LogP contribution in [0.2, 0.25) is 0 Å². The van der Waals surface area contributed by atoms with Crippen molar-refractivity contribution in [2.75, 3.05) is 0 Å². The van der Waals surface area contributed by atoms with Crippen molar-refractivity contribution >= 4 is 0 Å². The van der Waals surface area contributed by atoms with Crippen molar-refractivity contribution in [1.82, 2.24) is 0 Å². The van der Waals surface area contributed by atoms with Gasteiger partial charge in [-0.05, 0) is 17.2 Å². The van der Waals surface area contributed by atoms with Crippen molar-refractivity contribution in [3.05, 3.63) is 83.9 Å². The summed E-state index contributed by atoms with van der Waals surface area (Å²) < 4.78 is 37.3. The van der Waals surface area contributed by atoms with Gasteiger partial charge in [-0.2, -0.15) is 13.2 Å². The number of rotatable bonds is 3. The van der Waals surface area contributed by atoms with Crippen molar-refractivity contribution in [1.29, 1.82) is 0 Å². The molecule has 104 valence electrons. The van der Waals surface area contributed by atoms with Crippen LogP contribution in [0.25, 0.3) is 0 Å². The quantitative estimate of drug-likeness (QED) is 0.840. The summed E-state index contributed by atoms with van der Waals surface area (Å²) in [4.78, 5) is 0. The highest BCUT2D eigenvalue weighted by atomic mass is 19.4. The Bertz CT molecular complexity index is 534. The van der Waals surface area contributed by atoms with E-state index in [1.165, 1.54) is 0 Å². The van der Waals surface area contributed by atoms with Crippen LogP contribution in [0.1, 0.15) is 11.1 Å². The lowest BCUT2D eigenvalue weighted by Crippen LogP contribution is -2.25. The lowest BCUT2D eigenvalue weighted by atomic mass is 9.86. The molecule has 0 aliphatic carbocycles. The van der Waals surface area contributed by atoms with E-state index >= 15 is 0 Å². The van der Waals surface area contributed by atoms with Crippen LogP contribution < -0.4 is 0 Å². The van der Waals surface area contributed by atoms with Gasteiger partial charge in [0.15, 0.2) is 0 Å². The second-order valence-electron chi connectivity index (χ2n) is 4.37. The first-order chi connectivity index (χ1) is 9.42. The summed E-state index contributed by atoms with van der Waals surface area (Å²) in [5, 5.41) is 10.7. The fourth-order valence-electron chi connectivity index (χ4n) is 1.96. The molecule has 0 aliphatic heterocycles. The summed E-state index contributed by atoms with van der Waals surface area (Å²) in [6.45, 7) is 0. The molecule has 1 N–H and O–H groups in total. The number of alkyl halides is 3. The Labute approximate surface area is 115 Å². The molecule has 0 aromatic heterocycles. The zero-order valence-electron chi connectivity index (χ0n) is 10.5. The lowest BCUT2D eigenvalue weighted by molar-refractivity contribution is -0.0811. The average Bonchev–Trinajstić information content (AvgIpc) is 2.46. The monoisotopic (exact) mass is 278 g/mol. The molecule has 0 spiro atoms. The summed E-state index contributed by atoms with van der Waals surface area (Å²) in [5.41, 5.74) is -1.05. The van der Waals surface area contributed by atoms with Gasteiger partial charge < -0.3 is 5.11 Å². The maximum Gasteiger partial charge on any atom is 0.409 e. The predicted octanol–water partition coefficient (Wildman–Crippen LogP) is 4.04. The number of aliphatic hydroxyl groups is 1. The van der Waals surface area contributed by atoms with E-state index in [9.17, 15) is 18.3 Å². The van der Waals surface area contributed by atoms with Crippen molar-refractivity contribution in [3.63, 3.8) is 0 Å². The van der Waals surface area contributed by atoms with E-state index in [1.54, 1.807) is 60.7 Å². The second-order valence-corrected chi connectivity index (χ2v) is 4.37. The molecule has 0 radical (unpaired) electrons. The number of halogens is 3. The first kappa shape index (κ1) is 14.3. The highest BCUT2D eigenvalue weighted by Gasteiger charge is 2.31. The number of benzene rings is 2. The highest BCUT2D eigenvalue weighted by molar-refractivity contribution is 5.40. The highest BCUT2D eigenvalue weighted by Crippen LogP contribution is 2.32. The van der Waals surface area contributed by atoms with Gasteiger partial charge in [-0.1, -0.05) is 60.7 Å². The number of hydrogen-bond donors (Lipinski definition) is 1. The van der Waals surface area contributed by atoms with Gasteiger partial charge in [0, 0.05) is 6.08 Å². The summed E-state index contributed by atoms with van der Waals surface area (Å²) in [6, 6.07) is 16.5. The van der Waals surface area contributed by atoms with E-state index in [4.69, 9.17) is 0 Å². The van der Waals surface area contributed by atoms with Crippen LogP contribution in [-0.4, -0.2) is 11.3 Å². The molecule has 0 atom stereocenters. The van der Waals surface area contributed by atoms with Crippen LogP contribution in [-0.2, 0) is 5.60 Å². The van der Waals surface area contributed by atoms with Gasteiger partial charge in [0.1, 0.15) is 5.60 Å². The Balaban J connectivity index is 2.53. The van der Waals surface area contributed by atoms with Gasteiger partial charge in [0.05, 0.1) is 0 Å². The first-order valence-electron chi connectivity index (χ1n) is 6.02. The van der Waals surface area contributed by atoms with Gasteiger partial charge in [-0.25, -0.2) is 0 Å². The molecule has 0 fully saturated rings. The third-order valence-corrected chi connectivity index (χ3v) is 2.94. The first-order valence-corrected chi connectivity index (χ1v) is 6.02. The smallest absolute Gasteiger partial charge is 0.377 e. The Kier molecular flexibility index (Phi) is 3.95. The van der Waals surface area contributed by atoms with Gasteiger partial charge in [-0.15, -0.1) is 0 Å². The summed E-state index contributed by atoms with van der Waals surface area (Å²) in [6.07, 6.45) is -3.64. The zero-order valence-corrected chi connectivity index (χ0v) is 10.5. The topological polar surface area (TPSA) is 20.2 Å². The van der Waals surface area contributed by atoms with Crippen LogP contribution in [0.3, 0.4) is 0 Å². The molecule has 0 heterocycles. The van der Waals surface area contributed by atoms with E-state index in [1.807, 2.05) is 0 Å². The summed E-state index contributed by atoms with van der Waals surface area (Å²) in [5.74, 6) is 0. The van der Waals surface area contributed by atoms with E-state index in [-0.39, 0.29) is 6.08 Å². The van der Waals surface area contributed by atoms with Crippen molar-refractivity contribution in [2.45, 2.75) is 11.8 Å². The van der Waals surface area contributed by atoms with Gasteiger partial charge >= 0.3 is 6.18 Å². The fourth-order valence-corrected chi connectivity index (χ4v) is 1.96. The minimum Gasteiger partial charge on any atom is -0.377 e. The molecule has 2 aromatic rings. The second kappa shape index (κ2) is 5.51. The van der Waals surface area contributed by atoms with Crippen molar-refractivity contribution < 1.29 is 18.3 Å². The Morgan fingerprint density at radius 3 is 1.45 bits per heavy atom. The molecule has 0 amide bonds. The Morgan fingerprint density at radius 2 is 1.10 bits per heavy atom. The Morgan fingerprint density at radius 1 is 0.700 bits per heavy atom. The van der Waals surface area contributed by atoms with Crippen LogP contribution in [0.4, 0.5) is 13.2 Å². The molecule has 0 saturated heterocycles. The van der Waals surface area contributed by atoms with Gasteiger partial charge in [0.25, 0.3) is 0 Å². The molecule has 0 aliphatic rings. The molecular formula is C16H13F3O. The predicted molar refractivity (Wildman–Crippen MR) is 71.1 cm³/mol. The lowest BCUT2D eigenvalue weighted by Gasteiger charge is -2.26. The normalized spacial score (nSPS) is 12.8. The third-order valence-electron chi connectivity index (χ3n) is 2.94.